The van der Waals surface area contributed by atoms with Gasteiger partial charge in [0, 0.05) is 24.8 Å². The molecule has 1 N–H and O–H groups in total. The highest BCUT2D eigenvalue weighted by Gasteiger charge is 2.17. The van der Waals surface area contributed by atoms with Gasteiger partial charge >= 0.3 is 0 Å². The van der Waals surface area contributed by atoms with E-state index in [-0.39, 0.29) is 6.04 Å². The number of aromatic nitrogens is 2. The van der Waals surface area contributed by atoms with Gasteiger partial charge in [-0.2, -0.15) is 5.10 Å². The second kappa shape index (κ2) is 6.57. The number of benzene rings is 1. The Kier molecular flexibility index (Phi) is 4.79. The molecule has 2 rings (SSSR count). The summed E-state index contributed by atoms with van der Waals surface area (Å²) in [5.74, 6) is 0.942. The van der Waals surface area contributed by atoms with Gasteiger partial charge in [0.05, 0.1) is 12.8 Å². The van der Waals surface area contributed by atoms with Crippen LogP contribution in [0.3, 0.4) is 0 Å². The lowest BCUT2D eigenvalue weighted by Crippen LogP contribution is -2.23. The largest absolute Gasteiger partial charge is 0.496 e. The van der Waals surface area contributed by atoms with Crippen LogP contribution in [0, 0.1) is 6.92 Å². The molecule has 1 unspecified atom stereocenters. The first-order chi connectivity index (χ1) is 9.65. The molecule has 0 bridgehead atoms. The Morgan fingerprint density at radius 2 is 2.10 bits per heavy atom. The van der Waals surface area contributed by atoms with E-state index in [9.17, 15) is 0 Å². The minimum absolute atomic E-state index is 0.255. The summed E-state index contributed by atoms with van der Waals surface area (Å²) in [5.41, 5.74) is 3.54. The fraction of sp³-hybridized carbons (Fsp3) is 0.438. The van der Waals surface area contributed by atoms with E-state index in [1.54, 1.807) is 7.11 Å². The quantitative estimate of drug-likeness (QED) is 0.879. The topological polar surface area (TPSA) is 39.1 Å². The Morgan fingerprint density at radius 3 is 2.70 bits per heavy atom. The van der Waals surface area contributed by atoms with E-state index in [4.69, 9.17) is 4.74 Å². The van der Waals surface area contributed by atoms with Gasteiger partial charge in [0.1, 0.15) is 5.75 Å². The molecule has 0 saturated heterocycles. The molecule has 1 aromatic carbocycles. The lowest BCUT2D eigenvalue weighted by molar-refractivity contribution is 0.405. The van der Waals surface area contributed by atoms with Gasteiger partial charge in [-0.15, -0.1) is 0 Å². The van der Waals surface area contributed by atoms with E-state index in [1.807, 2.05) is 23.9 Å². The third-order valence-corrected chi connectivity index (χ3v) is 3.49. The number of para-hydroxylation sites is 1. The van der Waals surface area contributed by atoms with Crippen LogP contribution in [-0.2, 0) is 13.5 Å². The molecule has 4 heteroatoms. The van der Waals surface area contributed by atoms with E-state index >= 15 is 0 Å². The lowest BCUT2D eigenvalue weighted by Gasteiger charge is -2.19. The number of likely N-dealkylation sites (N-methyl/N-ethyl adjacent to an activating group) is 1. The van der Waals surface area contributed by atoms with E-state index < -0.39 is 0 Å². The Balaban J connectivity index is 2.28. The predicted molar refractivity (Wildman–Crippen MR) is 81.1 cm³/mol. The van der Waals surface area contributed by atoms with Gasteiger partial charge in [0.2, 0.25) is 0 Å². The molecule has 0 saturated carbocycles. The van der Waals surface area contributed by atoms with Crippen molar-refractivity contribution in [1.82, 2.24) is 15.1 Å². The summed E-state index contributed by atoms with van der Waals surface area (Å²) in [6, 6.07) is 8.44. The molecular weight excluding hydrogens is 250 g/mol. The predicted octanol–water partition coefficient (Wildman–Crippen LogP) is 2.63. The summed E-state index contributed by atoms with van der Waals surface area (Å²) in [4.78, 5) is 0. The molecule has 0 amide bonds. The van der Waals surface area contributed by atoms with Gasteiger partial charge in [0.15, 0.2) is 0 Å². The maximum atomic E-state index is 5.45. The van der Waals surface area contributed by atoms with Crippen molar-refractivity contribution in [3.63, 3.8) is 0 Å². The average Bonchev–Trinajstić information content (AvgIpc) is 2.78. The van der Waals surface area contributed by atoms with Crippen molar-refractivity contribution in [2.24, 2.45) is 7.05 Å². The molecule has 0 aliphatic rings. The highest BCUT2D eigenvalue weighted by Crippen LogP contribution is 2.26. The number of ether oxygens (including phenoxy) is 1. The minimum Gasteiger partial charge on any atom is -0.496 e. The zero-order valence-corrected chi connectivity index (χ0v) is 12.7. The molecule has 1 aromatic heterocycles. The van der Waals surface area contributed by atoms with Gasteiger partial charge < -0.3 is 10.1 Å². The fourth-order valence-corrected chi connectivity index (χ4v) is 2.59. The summed E-state index contributed by atoms with van der Waals surface area (Å²) in [6.45, 7) is 5.11. The standard InChI is InChI=1S/C16H23N3O/c1-5-17-15(14-11-19(3)18-12(14)2)10-13-8-6-7-9-16(13)20-4/h6-9,11,15,17H,5,10H2,1-4H3. The molecule has 2 aromatic rings. The number of hydrogen-bond acceptors (Lipinski definition) is 3. The second-order valence-corrected chi connectivity index (χ2v) is 4.97. The van der Waals surface area contributed by atoms with Gasteiger partial charge in [-0.05, 0) is 31.5 Å². The van der Waals surface area contributed by atoms with Gasteiger partial charge in [0.25, 0.3) is 0 Å². The minimum atomic E-state index is 0.255. The first-order valence-corrected chi connectivity index (χ1v) is 7.01. The summed E-state index contributed by atoms with van der Waals surface area (Å²) in [5, 5.41) is 7.99. The summed E-state index contributed by atoms with van der Waals surface area (Å²) in [6.07, 6.45) is 2.99. The van der Waals surface area contributed by atoms with Crippen LogP contribution < -0.4 is 10.1 Å². The molecule has 0 fully saturated rings. The zero-order valence-electron chi connectivity index (χ0n) is 12.7. The Morgan fingerprint density at radius 1 is 1.35 bits per heavy atom. The van der Waals surface area contributed by atoms with Crippen molar-refractivity contribution in [3.05, 3.63) is 47.3 Å². The number of aryl methyl sites for hydroxylation is 2. The first-order valence-electron chi connectivity index (χ1n) is 7.01. The molecule has 0 spiro atoms. The van der Waals surface area contributed by atoms with Crippen LogP contribution in [0.15, 0.2) is 30.5 Å². The second-order valence-electron chi connectivity index (χ2n) is 4.97. The maximum Gasteiger partial charge on any atom is 0.122 e. The molecule has 1 heterocycles. The summed E-state index contributed by atoms with van der Waals surface area (Å²) in [7, 11) is 3.68. The number of nitrogens with one attached hydrogen (secondary N) is 1. The third-order valence-electron chi connectivity index (χ3n) is 3.49. The van der Waals surface area contributed by atoms with Gasteiger partial charge in [-0.1, -0.05) is 25.1 Å². The number of rotatable bonds is 6. The SMILES string of the molecule is CCNC(Cc1ccccc1OC)c1cn(C)nc1C. The van der Waals surface area contributed by atoms with E-state index in [1.165, 1.54) is 11.1 Å². The molecule has 108 valence electrons. The van der Waals surface area contributed by atoms with Crippen LogP contribution in [0.25, 0.3) is 0 Å². The van der Waals surface area contributed by atoms with Gasteiger partial charge in [-0.3, -0.25) is 4.68 Å². The first kappa shape index (κ1) is 14.6. The van der Waals surface area contributed by atoms with Crippen molar-refractivity contribution in [2.75, 3.05) is 13.7 Å². The fourth-order valence-electron chi connectivity index (χ4n) is 2.59. The van der Waals surface area contributed by atoms with Crippen molar-refractivity contribution in [3.8, 4) is 5.75 Å². The molecule has 1 atom stereocenters. The lowest BCUT2D eigenvalue weighted by atomic mass is 9.99. The summed E-state index contributed by atoms with van der Waals surface area (Å²) < 4.78 is 7.32. The molecule has 0 aliphatic carbocycles. The highest BCUT2D eigenvalue weighted by molar-refractivity contribution is 5.35. The molecular formula is C16H23N3O. The zero-order chi connectivity index (χ0) is 14.5. The molecule has 0 radical (unpaired) electrons. The van der Waals surface area contributed by atoms with Gasteiger partial charge in [-0.25, -0.2) is 0 Å². The van der Waals surface area contributed by atoms with Crippen molar-refractivity contribution < 1.29 is 4.74 Å². The molecule has 4 nitrogen and oxygen atoms in total. The third kappa shape index (κ3) is 3.20. The average molecular weight is 273 g/mol. The van der Waals surface area contributed by atoms with Crippen molar-refractivity contribution >= 4 is 0 Å². The molecule has 0 aliphatic heterocycles. The van der Waals surface area contributed by atoms with Crippen LogP contribution in [-0.4, -0.2) is 23.4 Å². The van der Waals surface area contributed by atoms with Crippen LogP contribution in [0.5, 0.6) is 5.75 Å². The van der Waals surface area contributed by atoms with Crippen molar-refractivity contribution in [2.45, 2.75) is 26.3 Å². The van der Waals surface area contributed by atoms with Crippen LogP contribution >= 0.6 is 0 Å². The maximum absolute atomic E-state index is 5.45. The van der Waals surface area contributed by atoms with E-state index in [0.717, 1.165) is 24.4 Å². The Bertz CT molecular complexity index is 563. The number of methoxy groups -OCH3 is 1. The smallest absolute Gasteiger partial charge is 0.122 e. The highest BCUT2D eigenvalue weighted by atomic mass is 16.5. The number of hydrogen-bond donors (Lipinski definition) is 1. The Labute approximate surface area is 120 Å². The summed E-state index contributed by atoms with van der Waals surface area (Å²) >= 11 is 0. The van der Waals surface area contributed by atoms with Crippen LogP contribution in [0.1, 0.15) is 29.8 Å². The Hall–Kier alpha value is -1.81. The monoisotopic (exact) mass is 273 g/mol. The van der Waals surface area contributed by atoms with Crippen LogP contribution in [0.2, 0.25) is 0 Å². The molecule has 20 heavy (non-hydrogen) atoms. The normalized spacial score (nSPS) is 12.4. The number of nitrogens with zero attached hydrogens (tertiary/aromatic N) is 2. The van der Waals surface area contributed by atoms with E-state index in [2.05, 4.69) is 42.6 Å². The van der Waals surface area contributed by atoms with Crippen LogP contribution in [0.4, 0.5) is 0 Å². The van der Waals surface area contributed by atoms with E-state index in [0.29, 0.717) is 0 Å². The van der Waals surface area contributed by atoms with Crippen molar-refractivity contribution in [1.29, 1.82) is 0 Å².